The van der Waals surface area contributed by atoms with Crippen LogP contribution in [0, 0.1) is 11.3 Å². The van der Waals surface area contributed by atoms with E-state index in [1.807, 2.05) is 12.3 Å². The van der Waals surface area contributed by atoms with Crippen LogP contribution in [0.4, 0.5) is 0 Å². The van der Waals surface area contributed by atoms with Gasteiger partial charge in [-0.05, 0) is 29.9 Å². The Balaban J connectivity index is 2.08. The van der Waals surface area contributed by atoms with Gasteiger partial charge in [-0.1, -0.05) is 13.8 Å². The van der Waals surface area contributed by atoms with Gasteiger partial charge in [0.1, 0.15) is 0 Å². The van der Waals surface area contributed by atoms with Gasteiger partial charge < -0.3 is 10.7 Å². The number of rotatable bonds is 2. The standard InChI is InChI=1S/C10H16N2/c1-10(2)6-7(10)9(11)8-4-3-5-12-8/h3-5,7,9,12H,6,11H2,1-2H3. The summed E-state index contributed by atoms with van der Waals surface area (Å²) in [7, 11) is 0. The number of hydrogen-bond acceptors (Lipinski definition) is 1. The second kappa shape index (κ2) is 2.36. The maximum absolute atomic E-state index is 6.09. The number of H-pyrrole nitrogens is 1. The molecule has 1 saturated carbocycles. The third kappa shape index (κ3) is 1.16. The highest BCUT2D eigenvalue weighted by Gasteiger charge is 2.49. The second-order valence-corrected chi connectivity index (χ2v) is 4.45. The largest absolute Gasteiger partial charge is 0.364 e. The number of nitrogens with one attached hydrogen (secondary N) is 1. The summed E-state index contributed by atoms with van der Waals surface area (Å²) in [4.78, 5) is 3.17. The highest BCUT2D eigenvalue weighted by molar-refractivity contribution is 5.15. The maximum Gasteiger partial charge on any atom is 0.0481 e. The van der Waals surface area contributed by atoms with Crippen LogP contribution in [0.25, 0.3) is 0 Å². The molecule has 2 nitrogen and oxygen atoms in total. The summed E-state index contributed by atoms with van der Waals surface area (Å²) in [5.41, 5.74) is 7.72. The van der Waals surface area contributed by atoms with Crippen LogP contribution in [0.1, 0.15) is 32.0 Å². The SMILES string of the molecule is CC1(C)CC1C(N)c1ccc[nH]1. The average molecular weight is 164 g/mol. The van der Waals surface area contributed by atoms with Crippen LogP contribution in [0.15, 0.2) is 18.3 Å². The molecule has 66 valence electrons. The minimum Gasteiger partial charge on any atom is -0.364 e. The van der Waals surface area contributed by atoms with E-state index in [-0.39, 0.29) is 6.04 Å². The Morgan fingerprint density at radius 2 is 2.33 bits per heavy atom. The van der Waals surface area contributed by atoms with Gasteiger partial charge in [-0.3, -0.25) is 0 Å². The molecule has 3 N–H and O–H groups in total. The van der Waals surface area contributed by atoms with Crippen LogP contribution in [0.5, 0.6) is 0 Å². The predicted molar refractivity (Wildman–Crippen MR) is 49.6 cm³/mol. The van der Waals surface area contributed by atoms with Crippen molar-refractivity contribution < 1.29 is 0 Å². The van der Waals surface area contributed by atoms with Crippen molar-refractivity contribution in [2.24, 2.45) is 17.1 Å². The molecule has 2 unspecified atom stereocenters. The Bertz CT molecular complexity index is 261. The minimum atomic E-state index is 0.204. The fraction of sp³-hybridized carbons (Fsp3) is 0.600. The van der Waals surface area contributed by atoms with E-state index < -0.39 is 0 Å². The first-order chi connectivity index (χ1) is 5.61. The molecule has 0 radical (unpaired) electrons. The van der Waals surface area contributed by atoms with Gasteiger partial charge in [0.2, 0.25) is 0 Å². The number of nitrogens with two attached hydrogens (primary N) is 1. The Morgan fingerprint density at radius 3 is 2.75 bits per heavy atom. The lowest BCUT2D eigenvalue weighted by Crippen LogP contribution is -2.15. The van der Waals surface area contributed by atoms with E-state index >= 15 is 0 Å². The van der Waals surface area contributed by atoms with E-state index in [0.717, 1.165) is 0 Å². The van der Waals surface area contributed by atoms with Crippen LogP contribution >= 0.6 is 0 Å². The lowest BCUT2D eigenvalue weighted by molar-refractivity contribution is 0.485. The number of aromatic nitrogens is 1. The molecule has 1 aliphatic carbocycles. The van der Waals surface area contributed by atoms with Gasteiger partial charge in [-0.25, -0.2) is 0 Å². The first-order valence-electron chi connectivity index (χ1n) is 4.50. The van der Waals surface area contributed by atoms with Crippen molar-refractivity contribution in [3.05, 3.63) is 24.0 Å². The molecule has 0 aromatic carbocycles. The summed E-state index contributed by atoms with van der Waals surface area (Å²) in [6, 6.07) is 4.28. The van der Waals surface area contributed by atoms with Gasteiger partial charge in [0.05, 0.1) is 0 Å². The molecule has 0 bridgehead atoms. The monoisotopic (exact) mass is 164 g/mol. The van der Waals surface area contributed by atoms with Crippen molar-refractivity contribution in [3.8, 4) is 0 Å². The van der Waals surface area contributed by atoms with Crippen LogP contribution in [0.3, 0.4) is 0 Å². The second-order valence-electron chi connectivity index (χ2n) is 4.45. The zero-order chi connectivity index (χ0) is 8.77. The van der Waals surface area contributed by atoms with Crippen LogP contribution in [-0.4, -0.2) is 4.98 Å². The Morgan fingerprint density at radius 1 is 1.67 bits per heavy atom. The molecule has 2 heteroatoms. The van der Waals surface area contributed by atoms with E-state index in [0.29, 0.717) is 11.3 Å². The van der Waals surface area contributed by atoms with E-state index in [1.54, 1.807) is 0 Å². The predicted octanol–water partition coefficient (Wildman–Crippen LogP) is 2.06. The number of aromatic amines is 1. The van der Waals surface area contributed by atoms with E-state index in [9.17, 15) is 0 Å². The summed E-state index contributed by atoms with van der Waals surface area (Å²) in [6.07, 6.45) is 3.19. The zero-order valence-electron chi connectivity index (χ0n) is 7.67. The van der Waals surface area contributed by atoms with Gasteiger partial charge in [0.15, 0.2) is 0 Å². The van der Waals surface area contributed by atoms with Crippen molar-refractivity contribution in [2.45, 2.75) is 26.3 Å². The van der Waals surface area contributed by atoms with Gasteiger partial charge in [-0.15, -0.1) is 0 Å². The van der Waals surface area contributed by atoms with E-state index in [1.165, 1.54) is 12.1 Å². The normalized spacial score (nSPS) is 28.4. The lowest BCUT2D eigenvalue weighted by Gasteiger charge is -2.11. The molecule has 0 amide bonds. The summed E-state index contributed by atoms with van der Waals surface area (Å²) in [5, 5.41) is 0. The van der Waals surface area contributed by atoms with Crippen LogP contribution in [-0.2, 0) is 0 Å². The van der Waals surface area contributed by atoms with E-state index in [4.69, 9.17) is 5.73 Å². The van der Waals surface area contributed by atoms with Crippen molar-refractivity contribution in [1.82, 2.24) is 4.98 Å². The van der Waals surface area contributed by atoms with Crippen LogP contribution < -0.4 is 5.73 Å². The third-order valence-electron chi connectivity index (χ3n) is 3.00. The topological polar surface area (TPSA) is 41.8 Å². The van der Waals surface area contributed by atoms with Crippen molar-refractivity contribution in [3.63, 3.8) is 0 Å². The number of hydrogen-bond donors (Lipinski definition) is 2. The molecule has 1 heterocycles. The minimum absolute atomic E-state index is 0.204. The molecule has 1 aliphatic rings. The van der Waals surface area contributed by atoms with Crippen molar-refractivity contribution in [2.75, 3.05) is 0 Å². The zero-order valence-corrected chi connectivity index (χ0v) is 7.67. The van der Waals surface area contributed by atoms with Crippen molar-refractivity contribution in [1.29, 1.82) is 0 Å². The average Bonchev–Trinajstić information content (AvgIpc) is 2.56. The highest BCUT2D eigenvalue weighted by Crippen LogP contribution is 2.56. The molecule has 0 spiro atoms. The first kappa shape index (κ1) is 7.87. The molecule has 1 aromatic rings. The lowest BCUT2D eigenvalue weighted by atomic mass is 10.0. The summed E-state index contributed by atoms with van der Waals surface area (Å²) >= 11 is 0. The fourth-order valence-corrected chi connectivity index (χ4v) is 1.89. The summed E-state index contributed by atoms with van der Waals surface area (Å²) in [5.74, 6) is 0.663. The Labute approximate surface area is 73.2 Å². The molecular weight excluding hydrogens is 148 g/mol. The first-order valence-corrected chi connectivity index (χ1v) is 4.50. The molecule has 2 rings (SSSR count). The smallest absolute Gasteiger partial charge is 0.0481 e. The Kier molecular flexibility index (Phi) is 1.55. The molecular formula is C10H16N2. The van der Waals surface area contributed by atoms with Gasteiger partial charge >= 0.3 is 0 Å². The molecule has 0 aliphatic heterocycles. The van der Waals surface area contributed by atoms with Crippen molar-refractivity contribution >= 4 is 0 Å². The third-order valence-corrected chi connectivity index (χ3v) is 3.00. The van der Waals surface area contributed by atoms with Crippen LogP contribution in [0.2, 0.25) is 0 Å². The summed E-state index contributed by atoms with van der Waals surface area (Å²) in [6.45, 7) is 4.56. The van der Waals surface area contributed by atoms with Gasteiger partial charge in [-0.2, -0.15) is 0 Å². The molecule has 1 fully saturated rings. The molecule has 1 aromatic heterocycles. The Hall–Kier alpha value is -0.760. The molecule has 0 saturated heterocycles. The highest BCUT2D eigenvalue weighted by atomic mass is 14.8. The van der Waals surface area contributed by atoms with Gasteiger partial charge in [0.25, 0.3) is 0 Å². The molecule has 2 atom stereocenters. The van der Waals surface area contributed by atoms with Gasteiger partial charge in [0, 0.05) is 17.9 Å². The molecule has 12 heavy (non-hydrogen) atoms. The van der Waals surface area contributed by atoms with E-state index in [2.05, 4.69) is 24.9 Å². The maximum atomic E-state index is 6.09. The fourth-order valence-electron chi connectivity index (χ4n) is 1.89. The summed E-state index contributed by atoms with van der Waals surface area (Å²) < 4.78 is 0. The quantitative estimate of drug-likeness (QED) is 0.690.